The van der Waals surface area contributed by atoms with E-state index in [0.717, 1.165) is 28.9 Å². The topological polar surface area (TPSA) is 29.5 Å². The van der Waals surface area contributed by atoms with Crippen molar-refractivity contribution < 1.29 is 9.53 Å². The van der Waals surface area contributed by atoms with Crippen LogP contribution in [0.4, 0.5) is 0 Å². The molecule has 1 heterocycles. The molecular formula is C10H14BrNO2S. The Morgan fingerprint density at radius 1 is 1.67 bits per heavy atom. The minimum absolute atomic E-state index is 0.0595. The van der Waals surface area contributed by atoms with Crippen molar-refractivity contribution >= 4 is 33.2 Å². The second-order valence-electron chi connectivity index (χ2n) is 3.12. The third kappa shape index (κ3) is 3.50. The van der Waals surface area contributed by atoms with Crippen LogP contribution in [0.25, 0.3) is 0 Å². The van der Waals surface area contributed by atoms with Gasteiger partial charge in [-0.15, -0.1) is 11.3 Å². The molecule has 0 spiro atoms. The van der Waals surface area contributed by atoms with Gasteiger partial charge in [0.2, 0.25) is 0 Å². The minimum Gasteiger partial charge on any atom is -0.496 e. The summed E-state index contributed by atoms with van der Waals surface area (Å²) >= 11 is 4.76. The summed E-state index contributed by atoms with van der Waals surface area (Å²) in [5.74, 6) is 0.807. The van der Waals surface area contributed by atoms with E-state index >= 15 is 0 Å². The molecule has 1 amide bonds. The number of carbonyl (C=O) groups is 1. The Balaban J connectivity index is 2.59. The van der Waals surface area contributed by atoms with Gasteiger partial charge in [-0.1, -0.05) is 15.9 Å². The Labute approximate surface area is 102 Å². The summed E-state index contributed by atoms with van der Waals surface area (Å²) in [6.07, 6.45) is 0.963. The Kier molecular flexibility index (Phi) is 5.11. The zero-order chi connectivity index (χ0) is 11.3. The van der Waals surface area contributed by atoms with Crippen LogP contribution in [0.3, 0.4) is 0 Å². The largest absolute Gasteiger partial charge is 0.496 e. The predicted octanol–water partition coefficient (Wildman–Crippen LogP) is 2.61. The van der Waals surface area contributed by atoms with E-state index in [4.69, 9.17) is 4.74 Å². The molecule has 0 fully saturated rings. The number of amides is 1. The molecule has 1 rings (SSSR count). The van der Waals surface area contributed by atoms with Crippen molar-refractivity contribution in [3.8, 4) is 5.75 Å². The smallest absolute Gasteiger partial charge is 0.263 e. The maximum atomic E-state index is 11.8. The lowest BCUT2D eigenvalue weighted by atomic mass is 10.3. The van der Waals surface area contributed by atoms with Crippen LogP contribution in [-0.4, -0.2) is 36.8 Å². The number of hydrogen-bond donors (Lipinski definition) is 0. The number of carbonyl (C=O) groups excluding carboxylic acids is 1. The quantitative estimate of drug-likeness (QED) is 0.781. The van der Waals surface area contributed by atoms with Gasteiger partial charge in [0, 0.05) is 30.4 Å². The first kappa shape index (κ1) is 12.5. The summed E-state index contributed by atoms with van der Waals surface area (Å²) in [6, 6.07) is 1.78. The van der Waals surface area contributed by atoms with Crippen LogP contribution >= 0.6 is 27.3 Å². The van der Waals surface area contributed by atoms with Gasteiger partial charge in [-0.3, -0.25) is 4.79 Å². The van der Waals surface area contributed by atoms with E-state index in [1.165, 1.54) is 11.3 Å². The fraction of sp³-hybridized carbons (Fsp3) is 0.500. The molecule has 0 aromatic carbocycles. The fourth-order valence-corrected chi connectivity index (χ4v) is 2.22. The molecule has 0 atom stereocenters. The maximum Gasteiger partial charge on any atom is 0.263 e. The number of halogens is 1. The van der Waals surface area contributed by atoms with E-state index in [1.807, 2.05) is 12.4 Å². The molecule has 0 unspecified atom stereocenters. The number of methoxy groups -OCH3 is 1. The lowest BCUT2D eigenvalue weighted by Crippen LogP contribution is -2.27. The van der Waals surface area contributed by atoms with Crippen LogP contribution in [-0.2, 0) is 0 Å². The Bertz CT molecular complexity index is 327. The van der Waals surface area contributed by atoms with Gasteiger partial charge in [0.15, 0.2) is 0 Å². The SMILES string of the molecule is COc1csc(C(=O)N(C)CCCBr)c1. The molecule has 84 valence electrons. The molecule has 0 saturated carbocycles. The van der Waals surface area contributed by atoms with Crippen molar-refractivity contribution in [2.24, 2.45) is 0 Å². The van der Waals surface area contributed by atoms with Crippen molar-refractivity contribution in [2.75, 3.05) is 26.0 Å². The van der Waals surface area contributed by atoms with Gasteiger partial charge < -0.3 is 9.64 Å². The van der Waals surface area contributed by atoms with Gasteiger partial charge in [0.25, 0.3) is 5.91 Å². The third-order valence-electron chi connectivity index (χ3n) is 2.00. The van der Waals surface area contributed by atoms with E-state index in [0.29, 0.717) is 0 Å². The zero-order valence-electron chi connectivity index (χ0n) is 8.83. The van der Waals surface area contributed by atoms with Crippen LogP contribution in [0.2, 0.25) is 0 Å². The number of ether oxygens (including phenoxy) is 1. The van der Waals surface area contributed by atoms with Crippen molar-refractivity contribution in [2.45, 2.75) is 6.42 Å². The molecule has 0 saturated heterocycles. The van der Waals surface area contributed by atoms with Crippen LogP contribution < -0.4 is 4.74 Å². The minimum atomic E-state index is 0.0595. The third-order valence-corrected chi connectivity index (χ3v) is 3.45. The van der Waals surface area contributed by atoms with E-state index in [2.05, 4.69) is 15.9 Å². The molecule has 15 heavy (non-hydrogen) atoms. The highest BCUT2D eigenvalue weighted by atomic mass is 79.9. The molecule has 0 aliphatic heterocycles. The molecule has 1 aromatic heterocycles. The number of alkyl halides is 1. The van der Waals surface area contributed by atoms with E-state index in [9.17, 15) is 4.79 Å². The molecule has 0 aliphatic rings. The molecule has 3 nitrogen and oxygen atoms in total. The second kappa shape index (κ2) is 6.12. The summed E-state index contributed by atoms with van der Waals surface area (Å²) in [5.41, 5.74) is 0. The molecule has 0 N–H and O–H groups in total. The normalized spacial score (nSPS) is 10.1. The number of hydrogen-bond acceptors (Lipinski definition) is 3. The summed E-state index contributed by atoms with van der Waals surface area (Å²) in [7, 11) is 3.42. The van der Waals surface area contributed by atoms with Crippen molar-refractivity contribution in [3.63, 3.8) is 0 Å². The highest BCUT2D eigenvalue weighted by Gasteiger charge is 2.13. The molecule has 0 aliphatic carbocycles. The highest BCUT2D eigenvalue weighted by molar-refractivity contribution is 9.09. The van der Waals surface area contributed by atoms with Gasteiger partial charge in [0.1, 0.15) is 5.75 Å². The zero-order valence-corrected chi connectivity index (χ0v) is 11.2. The molecule has 0 bridgehead atoms. The maximum absolute atomic E-state index is 11.8. The van der Waals surface area contributed by atoms with Crippen molar-refractivity contribution in [1.82, 2.24) is 4.90 Å². The molecular weight excluding hydrogens is 278 g/mol. The number of rotatable bonds is 5. The standard InChI is InChI=1S/C10H14BrNO2S/c1-12(5-3-4-11)10(13)9-6-8(14-2)7-15-9/h6-7H,3-5H2,1-2H3. The van der Waals surface area contributed by atoms with Crippen molar-refractivity contribution in [3.05, 3.63) is 16.3 Å². The fourth-order valence-electron chi connectivity index (χ4n) is 1.12. The average molecular weight is 292 g/mol. The first-order valence-corrected chi connectivity index (χ1v) is 6.63. The van der Waals surface area contributed by atoms with Gasteiger partial charge in [-0.2, -0.15) is 0 Å². The number of nitrogens with zero attached hydrogens (tertiary/aromatic N) is 1. The van der Waals surface area contributed by atoms with Crippen LogP contribution in [0.1, 0.15) is 16.1 Å². The van der Waals surface area contributed by atoms with E-state index in [-0.39, 0.29) is 5.91 Å². The first-order chi connectivity index (χ1) is 7.19. The molecule has 1 aromatic rings. The Hall–Kier alpha value is -0.550. The average Bonchev–Trinajstić information content (AvgIpc) is 2.73. The summed E-state index contributed by atoms with van der Waals surface area (Å²) in [6.45, 7) is 0.768. The van der Waals surface area contributed by atoms with Gasteiger partial charge in [-0.05, 0) is 6.42 Å². The first-order valence-electron chi connectivity index (χ1n) is 4.63. The van der Waals surface area contributed by atoms with Gasteiger partial charge >= 0.3 is 0 Å². The summed E-state index contributed by atoms with van der Waals surface area (Å²) in [4.78, 5) is 14.3. The summed E-state index contributed by atoms with van der Waals surface area (Å²) in [5, 5.41) is 2.75. The van der Waals surface area contributed by atoms with E-state index < -0.39 is 0 Å². The van der Waals surface area contributed by atoms with Crippen LogP contribution in [0.15, 0.2) is 11.4 Å². The summed E-state index contributed by atoms with van der Waals surface area (Å²) < 4.78 is 5.04. The molecule has 5 heteroatoms. The van der Waals surface area contributed by atoms with E-state index in [1.54, 1.807) is 18.1 Å². The van der Waals surface area contributed by atoms with Crippen molar-refractivity contribution in [1.29, 1.82) is 0 Å². The van der Waals surface area contributed by atoms with Gasteiger partial charge in [-0.25, -0.2) is 0 Å². The number of thiophene rings is 1. The second-order valence-corrected chi connectivity index (χ2v) is 4.82. The Morgan fingerprint density at radius 3 is 2.93 bits per heavy atom. The lowest BCUT2D eigenvalue weighted by Gasteiger charge is -2.14. The highest BCUT2D eigenvalue weighted by Crippen LogP contribution is 2.22. The predicted molar refractivity (Wildman–Crippen MR) is 66.2 cm³/mol. The monoisotopic (exact) mass is 291 g/mol. The lowest BCUT2D eigenvalue weighted by molar-refractivity contribution is 0.0800. The van der Waals surface area contributed by atoms with Crippen LogP contribution in [0, 0.1) is 0 Å². The Morgan fingerprint density at radius 2 is 2.40 bits per heavy atom. The molecule has 0 radical (unpaired) electrons. The van der Waals surface area contributed by atoms with Crippen LogP contribution in [0.5, 0.6) is 5.75 Å². The van der Waals surface area contributed by atoms with Gasteiger partial charge in [0.05, 0.1) is 12.0 Å².